The average molecular weight is 629 g/mol. The molecule has 42 heavy (non-hydrogen) atoms. The summed E-state index contributed by atoms with van der Waals surface area (Å²) in [6, 6.07) is 6.15. The first-order chi connectivity index (χ1) is 19.3. The molecule has 10 nitrogen and oxygen atoms in total. The van der Waals surface area contributed by atoms with Crippen molar-refractivity contribution in [1.29, 1.82) is 0 Å². The van der Waals surface area contributed by atoms with Crippen LogP contribution >= 0.6 is 0 Å². The van der Waals surface area contributed by atoms with Gasteiger partial charge in [-0.25, -0.2) is 18.0 Å². The zero-order valence-corrected chi connectivity index (χ0v) is 23.1. The fourth-order valence-electron chi connectivity index (χ4n) is 3.72. The standard InChI is InChI=1S/C25H26F6N2O8S/c1-4-39-21(35)19(34)12-16-13-33(42(37,38)17-7-5-6-14(10-17)24(26,27)28)18-11-15(8-9-20(18)40-16)32-22(36)41-23(2,3)25(29,30)31/h5-11,16,19,34H,4,12-13H2,1-3H3,(H,32,36)/t16-,19?/m0/s1. The van der Waals surface area contributed by atoms with Gasteiger partial charge in [-0.1, -0.05) is 6.07 Å². The highest BCUT2D eigenvalue weighted by molar-refractivity contribution is 7.92. The van der Waals surface area contributed by atoms with E-state index in [1.54, 1.807) is 0 Å². The van der Waals surface area contributed by atoms with Gasteiger partial charge in [0, 0.05) is 12.1 Å². The molecule has 1 aliphatic heterocycles. The number of hydrogen-bond donors (Lipinski definition) is 2. The highest BCUT2D eigenvalue weighted by Gasteiger charge is 2.51. The molecule has 0 fully saturated rings. The van der Waals surface area contributed by atoms with E-state index >= 15 is 0 Å². The van der Waals surface area contributed by atoms with E-state index in [0.29, 0.717) is 30.3 Å². The van der Waals surface area contributed by atoms with Gasteiger partial charge in [-0.05, 0) is 57.2 Å². The molecule has 3 rings (SSSR count). The lowest BCUT2D eigenvalue weighted by molar-refractivity contribution is -0.242. The number of alkyl halides is 6. The first-order valence-corrected chi connectivity index (χ1v) is 13.6. The smallest absolute Gasteiger partial charge is 0.427 e. The summed E-state index contributed by atoms with van der Waals surface area (Å²) in [5.74, 6) is -1.20. The summed E-state index contributed by atoms with van der Waals surface area (Å²) in [6.45, 7) is 2.05. The Balaban J connectivity index is 2.01. The second-order valence-electron chi connectivity index (χ2n) is 9.51. The van der Waals surface area contributed by atoms with E-state index in [1.807, 2.05) is 5.32 Å². The van der Waals surface area contributed by atoms with Crippen LogP contribution in [0.15, 0.2) is 47.4 Å². The van der Waals surface area contributed by atoms with E-state index in [0.717, 1.165) is 30.3 Å². The number of aliphatic hydroxyl groups excluding tert-OH is 1. The first kappa shape index (κ1) is 32.8. The number of nitrogens with one attached hydrogen (secondary N) is 1. The summed E-state index contributed by atoms with van der Waals surface area (Å²) in [6.07, 6.45) is -14.7. The number of ether oxygens (including phenoxy) is 3. The molecule has 2 aromatic carbocycles. The Morgan fingerprint density at radius 1 is 1.12 bits per heavy atom. The second kappa shape index (κ2) is 11.9. The molecule has 2 aromatic rings. The number of hydrogen-bond acceptors (Lipinski definition) is 8. The van der Waals surface area contributed by atoms with Crippen LogP contribution in [0.1, 0.15) is 32.8 Å². The summed E-state index contributed by atoms with van der Waals surface area (Å²) in [4.78, 5) is 23.3. The molecule has 17 heteroatoms. The minimum Gasteiger partial charge on any atom is -0.486 e. The molecule has 0 spiro atoms. The number of carbonyl (C=O) groups excluding carboxylic acids is 2. The molecule has 0 aliphatic carbocycles. The quantitative estimate of drug-likeness (QED) is 0.313. The van der Waals surface area contributed by atoms with E-state index in [1.165, 1.54) is 6.92 Å². The van der Waals surface area contributed by atoms with Crippen LogP contribution < -0.4 is 14.4 Å². The lowest BCUT2D eigenvalue weighted by Crippen LogP contribution is -2.46. The maximum absolute atomic E-state index is 13.6. The SMILES string of the molecule is CCOC(=O)C(O)C[C@H]1CN(S(=O)(=O)c2cccc(C(F)(F)F)c2)c2cc(NC(=O)OC(C)(C)C(F)(F)F)ccc2O1. The number of anilines is 2. The van der Waals surface area contributed by atoms with Gasteiger partial charge in [0.1, 0.15) is 11.9 Å². The van der Waals surface area contributed by atoms with Crippen LogP contribution in [0.2, 0.25) is 0 Å². The minimum atomic E-state index is -4.91. The number of amides is 1. The topological polar surface area (TPSA) is 131 Å². The third-order valence-electron chi connectivity index (χ3n) is 5.96. The molecular formula is C25H26F6N2O8S. The molecule has 0 aromatic heterocycles. The Morgan fingerprint density at radius 3 is 2.38 bits per heavy atom. The lowest BCUT2D eigenvalue weighted by Gasteiger charge is -2.36. The van der Waals surface area contributed by atoms with Crippen molar-refractivity contribution in [2.45, 2.75) is 62.2 Å². The van der Waals surface area contributed by atoms with Crippen molar-refractivity contribution in [2.24, 2.45) is 0 Å². The van der Waals surface area contributed by atoms with Gasteiger partial charge in [-0.15, -0.1) is 0 Å². The largest absolute Gasteiger partial charge is 0.486 e. The summed E-state index contributed by atoms with van der Waals surface area (Å²) in [5, 5.41) is 12.2. The summed E-state index contributed by atoms with van der Waals surface area (Å²) in [5.41, 5.74) is -4.67. The van der Waals surface area contributed by atoms with Gasteiger partial charge in [0.2, 0.25) is 5.60 Å². The zero-order valence-electron chi connectivity index (χ0n) is 22.2. The van der Waals surface area contributed by atoms with Crippen LogP contribution in [0.25, 0.3) is 0 Å². The number of halogens is 6. The second-order valence-corrected chi connectivity index (χ2v) is 11.4. The fraction of sp³-hybridized carbons (Fsp3) is 0.440. The van der Waals surface area contributed by atoms with Gasteiger partial charge in [-0.2, -0.15) is 26.3 Å². The highest BCUT2D eigenvalue weighted by Crippen LogP contribution is 2.41. The number of rotatable bonds is 8. The van der Waals surface area contributed by atoms with Crippen molar-refractivity contribution >= 4 is 33.5 Å². The highest BCUT2D eigenvalue weighted by atomic mass is 32.2. The summed E-state index contributed by atoms with van der Waals surface area (Å²) < 4.78 is 122. The monoisotopic (exact) mass is 628 g/mol. The maximum Gasteiger partial charge on any atom is 0.427 e. The lowest BCUT2D eigenvalue weighted by atomic mass is 10.1. The van der Waals surface area contributed by atoms with E-state index in [4.69, 9.17) is 9.47 Å². The number of fused-ring (bicyclic) bond motifs is 1. The molecule has 0 saturated heterocycles. The molecule has 0 radical (unpaired) electrons. The number of esters is 1. The van der Waals surface area contributed by atoms with Gasteiger partial charge in [0.25, 0.3) is 10.0 Å². The van der Waals surface area contributed by atoms with Gasteiger partial charge >= 0.3 is 24.4 Å². The van der Waals surface area contributed by atoms with E-state index in [9.17, 15) is 49.5 Å². The Hall–Kier alpha value is -3.73. The van der Waals surface area contributed by atoms with Crippen LogP contribution in [0.5, 0.6) is 5.75 Å². The Morgan fingerprint density at radius 2 is 1.79 bits per heavy atom. The van der Waals surface area contributed by atoms with Gasteiger partial charge in [0.15, 0.2) is 6.10 Å². The first-order valence-electron chi connectivity index (χ1n) is 12.2. The number of carbonyl (C=O) groups is 2. The molecule has 0 bridgehead atoms. The van der Waals surface area contributed by atoms with Crippen LogP contribution in [-0.4, -0.2) is 62.7 Å². The number of sulfonamides is 1. The van der Waals surface area contributed by atoms with E-state index in [2.05, 4.69) is 4.74 Å². The van der Waals surface area contributed by atoms with Gasteiger partial charge < -0.3 is 19.3 Å². The summed E-state index contributed by atoms with van der Waals surface area (Å²) in [7, 11) is -4.79. The van der Waals surface area contributed by atoms with Crippen LogP contribution in [-0.2, 0) is 30.5 Å². The van der Waals surface area contributed by atoms with Gasteiger partial charge in [0.05, 0.1) is 29.3 Å². The van der Waals surface area contributed by atoms with E-state index < -0.39 is 75.7 Å². The Bertz CT molecular complexity index is 1430. The van der Waals surface area contributed by atoms with E-state index in [-0.39, 0.29) is 23.7 Å². The summed E-state index contributed by atoms with van der Waals surface area (Å²) >= 11 is 0. The number of aliphatic hydroxyl groups is 1. The average Bonchev–Trinajstić information content (AvgIpc) is 2.87. The van der Waals surface area contributed by atoms with Crippen molar-refractivity contribution in [2.75, 3.05) is 22.8 Å². The molecule has 1 aliphatic rings. The Kier molecular flexibility index (Phi) is 9.26. The number of nitrogens with zero attached hydrogens (tertiary/aromatic N) is 1. The zero-order chi connectivity index (χ0) is 31.7. The predicted molar refractivity (Wildman–Crippen MR) is 134 cm³/mol. The molecule has 1 heterocycles. The minimum absolute atomic E-state index is 0.0569. The molecule has 232 valence electrons. The van der Waals surface area contributed by atoms with Crippen LogP contribution in [0.3, 0.4) is 0 Å². The predicted octanol–water partition coefficient (Wildman–Crippen LogP) is 4.87. The van der Waals surface area contributed by atoms with Crippen molar-refractivity contribution < 1.29 is 63.7 Å². The van der Waals surface area contributed by atoms with Crippen LogP contribution in [0.4, 0.5) is 42.5 Å². The molecular weight excluding hydrogens is 602 g/mol. The normalized spacial score (nSPS) is 16.6. The molecule has 2 atom stereocenters. The Labute approximate surface area is 236 Å². The van der Waals surface area contributed by atoms with Crippen LogP contribution in [0, 0.1) is 0 Å². The van der Waals surface area contributed by atoms with Crippen molar-refractivity contribution in [1.82, 2.24) is 0 Å². The molecule has 1 amide bonds. The third-order valence-corrected chi connectivity index (χ3v) is 7.74. The molecule has 2 N–H and O–H groups in total. The maximum atomic E-state index is 13.6. The van der Waals surface area contributed by atoms with Crippen molar-refractivity contribution in [3.8, 4) is 5.75 Å². The molecule has 0 saturated carbocycles. The third kappa shape index (κ3) is 7.36. The fourth-order valence-corrected chi connectivity index (χ4v) is 5.26. The number of benzene rings is 2. The van der Waals surface area contributed by atoms with Gasteiger partial charge in [-0.3, -0.25) is 9.62 Å². The molecule has 1 unspecified atom stereocenters. The van der Waals surface area contributed by atoms with Crippen molar-refractivity contribution in [3.05, 3.63) is 48.0 Å². The van der Waals surface area contributed by atoms with Crippen molar-refractivity contribution in [3.63, 3.8) is 0 Å².